The highest BCUT2D eigenvalue weighted by Gasteiger charge is 2.51. The van der Waals surface area contributed by atoms with Gasteiger partial charge in [-0.15, -0.1) is 0 Å². The first kappa shape index (κ1) is 32.2. The third-order valence-electron chi connectivity index (χ3n) is 9.04. The van der Waals surface area contributed by atoms with Crippen molar-refractivity contribution < 1.29 is 19.1 Å². The van der Waals surface area contributed by atoms with E-state index in [4.69, 9.17) is 9.47 Å². The van der Waals surface area contributed by atoms with Crippen LogP contribution < -0.4 is 0 Å². The summed E-state index contributed by atoms with van der Waals surface area (Å²) < 4.78 is 10.7. The van der Waals surface area contributed by atoms with Crippen LogP contribution in [0.5, 0.6) is 0 Å². The summed E-state index contributed by atoms with van der Waals surface area (Å²) in [5.41, 5.74) is 1.32. The molecule has 3 rings (SSSR count). The third-order valence-corrected chi connectivity index (χ3v) is 9.04. The molecular weight excluding hydrogens is 498 g/mol. The SMILES string of the molecule is CCCCCCCCC=CCCCCCCCC(=O)OCOC(=O)N(CC)C1C2CCC(C2)C1c1ccccc1. The van der Waals surface area contributed by atoms with Crippen LogP contribution in [0.25, 0.3) is 0 Å². The average Bonchev–Trinajstić information content (AvgIpc) is 3.58. The van der Waals surface area contributed by atoms with Crippen molar-refractivity contribution >= 4 is 12.1 Å². The first-order valence-corrected chi connectivity index (χ1v) is 16.4. The van der Waals surface area contributed by atoms with Gasteiger partial charge in [-0.05, 0) is 75.7 Å². The maximum Gasteiger partial charge on any atom is 0.412 e. The molecule has 0 heterocycles. The van der Waals surface area contributed by atoms with Gasteiger partial charge in [0.2, 0.25) is 6.79 Å². The van der Waals surface area contributed by atoms with E-state index in [0.29, 0.717) is 30.7 Å². The molecular formula is C35H55NO4. The molecule has 4 unspecified atom stereocenters. The van der Waals surface area contributed by atoms with Gasteiger partial charge in [0.05, 0.1) is 0 Å². The fraction of sp³-hybridized carbons (Fsp3) is 0.714. The number of carbonyl (C=O) groups is 2. The molecule has 0 saturated heterocycles. The van der Waals surface area contributed by atoms with Gasteiger partial charge >= 0.3 is 12.1 Å². The summed E-state index contributed by atoms with van der Waals surface area (Å²) in [7, 11) is 0. The molecule has 5 nitrogen and oxygen atoms in total. The number of esters is 1. The van der Waals surface area contributed by atoms with Crippen molar-refractivity contribution in [2.24, 2.45) is 11.8 Å². The van der Waals surface area contributed by atoms with E-state index in [9.17, 15) is 9.59 Å². The van der Waals surface area contributed by atoms with Crippen LogP contribution in [0.4, 0.5) is 4.79 Å². The minimum Gasteiger partial charge on any atom is -0.428 e. The molecule has 0 aliphatic heterocycles. The van der Waals surface area contributed by atoms with Crippen LogP contribution >= 0.6 is 0 Å². The van der Waals surface area contributed by atoms with Crippen molar-refractivity contribution in [2.45, 2.75) is 135 Å². The summed E-state index contributed by atoms with van der Waals surface area (Å²) in [6.45, 7) is 4.57. The van der Waals surface area contributed by atoms with E-state index in [0.717, 1.165) is 25.7 Å². The number of amides is 1. The monoisotopic (exact) mass is 553 g/mol. The van der Waals surface area contributed by atoms with Crippen LogP contribution in [0, 0.1) is 11.8 Å². The molecule has 1 aromatic rings. The number of likely N-dealkylation sites (N-methyl/N-ethyl adjacent to an activating group) is 1. The predicted octanol–water partition coefficient (Wildman–Crippen LogP) is 9.57. The number of fused-ring (bicyclic) bond motifs is 2. The number of hydrogen-bond acceptors (Lipinski definition) is 4. The molecule has 0 N–H and O–H groups in total. The first-order valence-electron chi connectivity index (χ1n) is 16.4. The number of benzene rings is 1. The predicted molar refractivity (Wildman–Crippen MR) is 163 cm³/mol. The number of hydrogen-bond donors (Lipinski definition) is 0. The van der Waals surface area contributed by atoms with Crippen molar-refractivity contribution in [3.63, 3.8) is 0 Å². The van der Waals surface area contributed by atoms with E-state index >= 15 is 0 Å². The molecule has 2 saturated carbocycles. The Kier molecular flexibility index (Phi) is 15.3. The van der Waals surface area contributed by atoms with Gasteiger partial charge in [-0.25, -0.2) is 4.79 Å². The summed E-state index contributed by atoms with van der Waals surface area (Å²) in [5, 5.41) is 0. The Balaban J connectivity index is 1.22. The van der Waals surface area contributed by atoms with Gasteiger partial charge in [0.1, 0.15) is 0 Å². The minimum atomic E-state index is -0.366. The van der Waals surface area contributed by atoms with E-state index in [1.165, 1.54) is 82.6 Å². The molecule has 1 aromatic carbocycles. The van der Waals surface area contributed by atoms with Crippen LogP contribution in [-0.4, -0.2) is 36.3 Å². The van der Waals surface area contributed by atoms with Crippen molar-refractivity contribution in [3.05, 3.63) is 48.0 Å². The minimum absolute atomic E-state index is 0.158. The zero-order chi connectivity index (χ0) is 28.4. The molecule has 40 heavy (non-hydrogen) atoms. The van der Waals surface area contributed by atoms with Crippen molar-refractivity contribution in [2.75, 3.05) is 13.3 Å². The fourth-order valence-electron chi connectivity index (χ4n) is 6.96. The lowest BCUT2D eigenvalue weighted by molar-refractivity contribution is -0.152. The second kappa shape index (κ2) is 18.9. The van der Waals surface area contributed by atoms with E-state index in [-0.39, 0.29) is 24.9 Å². The Morgan fingerprint density at radius 2 is 1.43 bits per heavy atom. The van der Waals surface area contributed by atoms with Gasteiger partial charge < -0.3 is 14.4 Å². The van der Waals surface area contributed by atoms with Gasteiger partial charge in [0.15, 0.2) is 0 Å². The number of unbranched alkanes of at least 4 members (excludes halogenated alkanes) is 11. The summed E-state index contributed by atoms with van der Waals surface area (Å²) in [6.07, 6.45) is 24.2. The fourth-order valence-corrected chi connectivity index (χ4v) is 6.96. The third kappa shape index (κ3) is 10.6. The molecule has 0 aromatic heterocycles. The maximum atomic E-state index is 13.0. The summed E-state index contributed by atoms with van der Waals surface area (Å²) >= 11 is 0. The molecule has 2 fully saturated rings. The number of allylic oxidation sites excluding steroid dienone is 2. The molecule has 224 valence electrons. The van der Waals surface area contributed by atoms with Crippen LogP contribution in [0.2, 0.25) is 0 Å². The number of rotatable bonds is 20. The smallest absolute Gasteiger partial charge is 0.412 e. The van der Waals surface area contributed by atoms with E-state index in [1.807, 2.05) is 17.9 Å². The topological polar surface area (TPSA) is 55.8 Å². The summed E-state index contributed by atoms with van der Waals surface area (Å²) in [4.78, 5) is 27.0. The largest absolute Gasteiger partial charge is 0.428 e. The van der Waals surface area contributed by atoms with Gasteiger partial charge in [0.25, 0.3) is 0 Å². The Morgan fingerprint density at radius 3 is 2.10 bits per heavy atom. The molecule has 2 bridgehead atoms. The Labute approximate surface area is 244 Å². The highest BCUT2D eigenvalue weighted by molar-refractivity contribution is 5.70. The molecule has 2 aliphatic rings. The normalized spacial score (nSPS) is 21.6. The van der Waals surface area contributed by atoms with Gasteiger partial charge in [-0.1, -0.05) is 101 Å². The van der Waals surface area contributed by atoms with Crippen LogP contribution in [0.1, 0.15) is 134 Å². The summed E-state index contributed by atoms with van der Waals surface area (Å²) in [5.74, 6) is 1.22. The van der Waals surface area contributed by atoms with Crippen LogP contribution in [0.3, 0.4) is 0 Å². The summed E-state index contributed by atoms with van der Waals surface area (Å²) in [6, 6.07) is 10.8. The second-order valence-electron chi connectivity index (χ2n) is 11.9. The van der Waals surface area contributed by atoms with Crippen molar-refractivity contribution in [3.8, 4) is 0 Å². The highest BCUT2D eigenvalue weighted by Crippen LogP contribution is 2.54. The molecule has 1 amide bonds. The van der Waals surface area contributed by atoms with E-state index < -0.39 is 0 Å². The zero-order valence-electron chi connectivity index (χ0n) is 25.4. The quantitative estimate of drug-likeness (QED) is 0.0698. The highest BCUT2D eigenvalue weighted by atomic mass is 16.7. The number of ether oxygens (including phenoxy) is 2. The molecule has 5 heteroatoms. The lowest BCUT2D eigenvalue weighted by Gasteiger charge is -2.39. The second-order valence-corrected chi connectivity index (χ2v) is 11.9. The van der Waals surface area contributed by atoms with Gasteiger partial charge in [-0.2, -0.15) is 0 Å². The van der Waals surface area contributed by atoms with Crippen LogP contribution in [0.15, 0.2) is 42.5 Å². The van der Waals surface area contributed by atoms with Crippen molar-refractivity contribution in [1.29, 1.82) is 0 Å². The Bertz CT molecular complexity index is 869. The lowest BCUT2D eigenvalue weighted by Crippen LogP contribution is -2.47. The Hall–Kier alpha value is -2.30. The maximum absolute atomic E-state index is 13.0. The van der Waals surface area contributed by atoms with E-state index in [1.54, 1.807) is 0 Å². The molecule has 2 aliphatic carbocycles. The standard InChI is InChI=1S/C35H55NO4/c1-3-5-6-7-8-9-10-11-12-13-14-15-16-17-21-24-32(37)39-28-40-35(38)36(4-2)34-31-26-25-30(27-31)33(34)29-22-19-18-20-23-29/h11-12,18-20,22-23,30-31,33-34H,3-10,13-17,21,24-28H2,1-2H3. The Morgan fingerprint density at radius 1 is 0.800 bits per heavy atom. The van der Waals surface area contributed by atoms with Gasteiger partial charge in [0, 0.05) is 24.9 Å². The number of nitrogens with zero attached hydrogens (tertiary/aromatic N) is 1. The average molecular weight is 554 g/mol. The molecule has 0 radical (unpaired) electrons. The number of carbonyl (C=O) groups excluding carboxylic acids is 2. The molecule has 0 spiro atoms. The van der Waals surface area contributed by atoms with Gasteiger partial charge in [-0.3, -0.25) is 4.79 Å². The van der Waals surface area contributed by atoms with E-state index in [2.05, 4.69) is 43.3 Å². The van der Waals surface area contributed by atoms with Crippen LogP contribution in [-0.2, 0) is 14.3 Å². The van der Waals surface area contributed by atoms with Crippen molar-refractivity contribution in [1.82, 2.24) is 4.90 Å². The zero-order valence-corrected chi connectivity index (χ0v) is 25.4. The lowest BCUT2D eigenvalue weighted by atomic mass is 9.79. The first-order chi connectivity index (χ1) is 19.7. The molecule has 4 atom stereocenters.